The maximum atomic E-state index is 5.77. The van der Waals surface area contributed by atoms with E-state index < -0.39 is 0 Å². The van der Waals surface area contributed by atoms with Crippen LogP contribution in [0.25, 0.3) is 0 Å². The van der Waals surface area contributed by atoms with E-state index in [4.69, 9.17) is 5.73 Å². The zero-order valence-corrected chi connectivity index (χ0v) is 9.53. The number of anilines is 2. The molecule has 0 unspecified atom stereocenters. The Morgan fingerprint density at radius 1 is 1.40 bits per heavy atom. The quantitative estimate of drug-likeness (QED) is 0.752. The van der Waals surface area contributed by atoms with Crippen molar-refractivity contribution in [3.05, 3.63) is 23.8 Å². The average Bonchev–Trinajstić information content (AvgIpc) is 2.57. The second-order valence-corrected chi connectivity index (χ2v) is 4.43. The van der Waals surface area contributed by atoms with Crippen LogP contribution in [0.3, 0.4) is 0 Å². The van der Waals surface area contributed by atoms with Crippen LogP contribution < -0.4 is 10.6 Å². The minimum absolute atomic E-state index is 0.878. The summed E-state index contributed by atoms with van der Waals surface area (Å²) in [6.45, 7) is 3.33. The summed E-state index contributed by atoms with van der Waals surface area (Å²) in [5.74, 6) is 0. The Kier molecular flexibility index (Phi) is 2.82. The van der Waals surface area contributed by atoms with Gasteiger partial charge in [-0.15, -0.1) is 0 Å². The van der Waals surface area contributed by atoms with E-state index in [-0.39, 0.29) is 0 Å². The number of nitrogens with zero attached hydrogens (tertiary/aromatic N) is 2. The Hall–Kier alpha value is -1.22. The maximum Gasteiger partial charge on any atom is 0.0401 e. The van der Waals surface area contributed by atoms with Crippen molar-refractivity contribution in [1.29, 1.82) is 0 Å². The van der Waals surface area contributed by atoms with Gasteiger partial charge in [-0.2, -0.15) is 0 Å². The van der Waals surface area contributed by atoms with E-state index in [1.807, 2.05) is 6.07 Å². The van der Waals surface area contributed by atoms with Crippen LogP contribution in [0.2, 0.25) is 0 Å². The molecule has 1 aromatic rings. The third-order valence-electron chi connectivity index (χ3n) is 2.91. The molecule has 0 atom stereocenters. The van der Waals surface area contributed by atoms with Gasteiger partial charge in [-0.25, -0.2) is 0 Å². The third kappa shape index (κ3) is 2.23. The second-order valence-electron chi connectivity index (χ2n) is 4.43. The molecule has 0 aromatic heterocycles. The van der Waals surface area contributed by atoms with Crippen LogP contribution in [0.1, 0.15) is 5.56 Å². The van der Waals surface area contributed by atoms with Crippen LogP contribution in [0, 0.1) is 0 Å². The number of rotatable bonds is 3. The SMILES string of the molecule is CN(C)CCN1CCc2cc(N)ccc21. The number of hydrogen-bond donors (Lipinski definition) is 1. The molecule has 0 amide bonds. The van der Waals surface area contributed by atoms with Crippen molar-refractivity contribution in [1.82, 2.24) is 4.90 Å². The average molecular weight is 205 g/mol. The fraction of sp³-hybridized carbons (Fsp3) is 0.500. The predicted octanol–water partition coefficient (Wildman–Crippen LogP) is 1.19. The molecule has 0 fully saturated rings. The molecule has 82 valence electrons. The lowest BCUT2D eigenvalue weighted by Gasteiger charge is -2.21. The highest BCUT2D eigenvalue weighted by Crippen LogP contribution is 2.29. The molecule has 0 saturated carbocycles. The smallest absolute Gasteiger partial charge is 0.0401 e. The molecule has 2 rings (SSSR count). The molecule has 1 aliphatic rings. The predicted molar refractivity (Wildman–Crippen MR) is 65.3 cm³/mol. The summed E-state index contributed by atoms with van der Waals surface area (Å²) >= 11 is 0. The maximum absolute atomic E-state index is 5.77. The Morgan fingerprint density at radius 2 is 2.20 bits per heavy atom. The topological polar surface area (TPSA) is 32.5 Å². The zero-order chi connectivity index (χ0) is 10.8. The number of likely N-dealkylation sites (N-methyl/N-ethyl adjacent to an activating group) is 1. The van der Waals surface area contributed by atoms with E-state index in [1.54, 1.807) is 0 Å². The first-order valence-corrected chi connectivity index (χ1v) is 5.45. The van der Waals surface area contributed by atoms with Gasteiger partial charge in [0.2, 0.25) is 0 Å². The molecule has 0 radical (unpaired) electrons. The van der Waals surface area contributed by atoms with E-state index in [1.165, 1.54) is 11.3 Å². The van der Waals surface area contributed by atoms with Gasteiger partial charge in [-0.1, -0.05) is 0 Å². The van der Waals surface area contributed by atoms with Gasteiger partial charge in [0.1, 0.15) is 0 Å². The van der Waals surface area contributed by atoms with Gasteiger partial charge in [0.25, 0.3) is 0 Å². The molecule has 1 aromatic carbocycles. The minimum atomic E-state index is 0.878. The van der Waals surface area contributed by atoms with Gasteiger partial charge in [0.05, 0.1) is 0 Å². The molecule has 0 aliphatic carbocycles. The van der Waals surface area contributed by atoms with Gasteiger partial charge < -0.3 is 15.5 Å². The Bertz CT molecular complexity index is 347. The first-order chi connectivity index (χ1) is 7.16. The van der Waals surface area contributed by atoms with Crippen molar-refractivity contribution >= 4 is 11.4 Å². The summed E-state index contributed by atoms with van der Waals surface area (Å²) in [4.78, 5) is 4.66. The number of nitrogen functional groups attached to an aromatic ring is 1. The van der Waals surface area contributed by atoms with Crippen LogP contribution in [-0.4, -0.2) is 38.6 Å². The van der Waals surface area contributed by atoms with E-state index in [0.717, 1.165) is 31.7 Å². The summed E-state index contributed by atoms with van der Waals surface area (Å²) in [6, 6.07) is 6.24. The number of benzene rings is 1. The van der Waals surface area contributed by atoms with Crippen molar-refractivity contribution in [3.63, 3.8) is 0 Å². The van der Waals surface area contributed by atoms with Gasteiger partial charge >= 0.3 is 0 Å². The highest BCUT2D eigenvalue weighted by Gasteiger charge is 2.18. The van der Waals surface area contributed by atoms with E-state index in [0.29, 0.717) is 0 Å². The second kappa shape index (κ2) is 4.11. The highest BCUT2D eigenvalue weighted by atomic mass is 15.2. The van der Waals surface area contributed by atoms with Crippen LogP contribution in [-0.2, 0) is 6.42 Å². The number of fused-ring (bicyclic) bond motifs is 1. The first kappa shape index (κ1) is 10.3. The standard InChI is InChI=1S/C12H19N3/c1-14(2)7-8-15-6-5-10-9-11(13)3-4-12(10)15/h3-4,9H,5-8,13H2,1-2H3. The Labute approximate surface area is 91.5 Å². The van der Waals surface area contributed by atoms with Crippen molar-refractivity contribution in [2.24, 2.45) is 0 Å². The van der Waals surface area contributed by atoms with Crippen molar-refractivity contribution in [3.8, 4) is 0 Å². The van der Waals surface area contributed by atoms with E-state index in [2.05, 4.69) is 36.0 Å². The molecule has 1 aliphatic heterocycles. The summed E-state index contributed by atoms with van der Waals surface area (Å²) < 4.78 is 0. The monoisotopic (exact) mass is 205 g/mol. The largest absolute Gasteiger partial charge is 0.399 e. The minimum Gasteiger partial charge on any atom is -0.399 e. The lowest BCUT2D eigenvalue weighted by atomic mass is 10.1. The molecular formula is C12H19N3. The summed E-state index contributed by atoms with van der Waals surface area (Å²) in [7, 11) is 4.22. The van der Waals surface area contributed by atoms with Crippen LogP contribution in [0.15, 0.2) is 18.2 Å². The van der Waals surface area contributed by atoms with Crippen molar-refractivity contribution < 1.29 is 0 Å². The normalized spacial score (nSPS) is 14.7. The third-order valence-corrected chi connectivity index (χ3v) is 2.91. The molecular weight excluding hydrogens is 186 g/mol. The molecule has 0 bridgehead atoms. The van der Waals surface area contributed by atoms with Gasteiger partial charge in [0, 0.05) is 31.0 Å². The lowest BCUT2D eigenvalue weighted by molar-refractivity contribution is 0.414. The molecule has 15 heavy (non-hydrogen) atoms. The summed E-state index contributed by atoms with van der Waals surface area (Å²) in [6.07, 6.45) is 1.13. The van der Waals surface area contributed by atoms with Crippen molar-refractivity contribution in [2.75, 3.05) is 44.4 Å². The summed E-state index contributed by atoms with van der Waals surface area (Å²) in [5, 5.41) is 0. The molecule has 0 saturated heterocycles. The number of hydrogen-bond acceptors (Lipinski definition) is 3. The number of nitrogens with two attached hydrogens (primary N) is 1. The molecule has 0 spiro atoms. The van der Waals surface area contributed by atoms with Gasteiger partial charge in [0.15, 0.2) is 0 Å². The van der Waals surface area contributed by atoms with E-state index in [9.17, 15) is 0 Å². The van der Waals surface area contributed by atoms with E-state index >= 15 is 0 Å². The molecule has 1 heterocycles. The lowest BCUT2D eigenvalue weighted by Crippen LogP contribution is -2.30. The molecule has 3 nitrogen and oxygen atoms in total. The summed E-state index contributed by atoms with van der Waals surface area (Å²) in [5.41, 5.74) is 9.41. The first-order valence-electron chi connectivity index (χ1n) is 5.45. The van der Waals surface area contributed by atoms with Crippen LogP contribution in [0.4, 0.5) is 11.4 Å². The highest BCUT2D eigenvalue weighted by molar-refractivity contribution is 5.62. The fourth-order valence-electron chi connectivity index (χ4n) is 2.04. The fourth-order valence-corrected chi connectivity index (χ4v) is 2.04. The molecule has 3 heteroatoms. The van der Waals surface area contributed by atoms with Crippen LogP contribution in [0.5, 0.6) is 0 Å². The molecule has 2 N–H and O–H groups in total. The van der Waals surface area contributed by atoms with Gasteiger partial charge in [-0.3, -0.25) is 0 Å². The van der Waals surface area contributed by atoms with Crippen LogP contribution >= 0.6 is 0 Å². The Balaban J connectivity index is 2.08. The van der Waals surface area contributed by atoms with Crippen molar-refractivity contribution in [2.45, 2.75) is 6.42 Å². The van der Waals surface area contributed by atoms with Gasteiger partial charge in [-0.05, 0) is 44.3 Å². The Morgan fingerprint density at radius 3 is 2.93 bits per heavy atom. The zero-order valence-electron chi connectivity index (χ0n) is 9.53.